The Labute approximate surface area is 489 Å². The summed E-state index contributed by atoms with van der Waals surface area (Å²) in [6, 6.07) is -6.41. The SMILES string of the molecule is CNC(C)C1CCC(N)C(OC2C(N)CC(N)C(OC3OCC(C)(O)C(NC)C3O)C2O)O1.NC[C@@H]1O[C@H](O[C@@H]2[C@@H](CO)OC(O[C@H]3C(O[C@H]4O[C@H](CO)[C@@H](O)[C@H](O)[C@H]4N)[C@@H](N)C[C@@H](N)[C@@H]3O)[C@@H]2O)[C@H](N)[C@@H](O)[C@@H]1O.O=S(=O)(O)O.O=S(=O)(O)O. The summed E-state index contributed by atoms with van der Waals surface area (Å²) in [5.74, 6) is 0. The van der Waals surface area contributed by atoms with Gasteiger partial charge in [0.05, 0.1) is 56.2 Å². The minimum Gasteiger partial charge on any atom is -0.394 e. The number of nitrogens with one attached hydrogen (secondary N) is 2. The van der Waals surface area contributed by atoms with E-state index in [0.29, 0.717) is 12.8 Å². The second-order valence-corrected chi connectivity index (χ2v) is 23.8. The van der Waals surface area contributed by atoms with Gasteiger partial charge in [0.2, 0.25) is 0 Å². The highest BCUT2D eigenvalue weighted by Gasteiger charge is 2.56. The van der Waals surface area contributed by atoms with E-state index in [1.807, 2.05) is 14.0 Å². The van der Waals surface area contributed by atoms with Gasteiger partial charge in [-0.1, -0.05) is 0 Å². The van der Waals surface area contributed by atoms with Crippen LogP contribution < -0.4 is 56.5 Å². The van der Waals surface area contributed by atoms with E-state index in [1.165, 1.54) is 0 Å². The van der Waals surface area contributed by atoms with Crippen molar-refractivity contribution in [1.29, 1.82) is 0 Å². The average molecular weight is 1290 g/mol. The van der Waals surface area contributed by atoms with E-state index < -0.39 is 211 Å². The molecule has 33 N–H and O–H groups in total. The maximum atomic E-state index is 11.1. The molecular weight excluding hydrogens is 1200 g/mol. The average Bonchev–Trinajstić information content (AvgIpc) is 3.39. The third-order valence-corrected chi connectivity index (χ3v) is 15.6. The number of hydrogen-bond donors (Lipinski definition) is 25. The van der Waals surface area contributed by atoms with E-state index >= 15 is 0 Å². The van der Waals surface area contributed by atoms with Gasteiger partial charge in [0.15, 0.2) is 31.5 Å². The predicted octanol–water partition coefficient (Wildman–Crippen LogP) is -13.5. The molecule has 15 unspecified atom stereocenters. The van der Waals surface area contributed by atoms with Crippen LogP contribution in [0, 0.1) is 0 Å². The van der Waals surface area contributed by atoms with Crippen molar-refractivity contribution in [2.75, 3.05) is 40.5 Å². The molecule has 2 aliphatic carbocycles. The van der Waals surface area contributed by atoms with Gasteiger partial charge >= 0.3 is 20.8 Å². The Morgan fingerprint density at radius 3 is 1.45 bits per heavy atom. The fourth-order valence-corrected chi connectivity index (χ4v) is 10.7. The number of nitrogens with two attached hydrogens (primary N) is 8. The molecule has 7 rings (SSSR count). The predicted molar refractivity (Wildman–Crippen MR) is 285 cm³/mol. The van der Waals surface area contributed by atoms with Gasteiger partial charge in [0, 0.05) is 36.8 Å². The fourth-order valence-electron chi connectivity index (χ4n) is 10.7. The topological polar surface area (TPSA) is 696 Å². The van der Waals surface area contributed by atoms with Crippen molar-refractivity contribution >= 4 is 20.8 Å². The maximum absolute atomic E-state index is 11.1. The van der Waals surface area contributed by atoms with Crippen LogP contribution >= 0.6 is 0 Å². The third kappa shape index (κ3) is 20.5. The Morgan fingerprint density at radius 2 is 0.953 bits per heavy atom. The summed E-state index contributed by atoms with van der Waals surface area (Å²) in [5.41, 5.74) is 47.4. The van der Waals surface area contributed by atoms with Crippen LogP contribution in [0.25, 0.3) is 0 Å². The molecular formula is C44H92N10O29S2. The smallest absolute Gasteiger partial charge is 0.394 e. The second kappa shape index (κ2) is 32.7. The summed E-state index contributed by atoms with van der Waals surface area (Å²) < 4.78 is 121. The second-order valence-electron chi connectivity index (χ2n) is 22.0. The van der Waals surface area contributed by atoms with Crippen LogP contribution in [0.2, 0.25) is 0 Å². The molecule has 7 aliphatic rings. The highest BCUT2D eigenvalue weighted by Crippen LogP contribution is 2.36. The summed E-state index contributed by atoms with van der Waals surface area (Å²) >= 11 is 0. The first kappa shape index (κ1) is 76.0. The van der Waals surface area contributed by atoms with Crippen LogP contribution in [-0.2, 0) is 68.2 Å². The zero-order valence-corrected chi connectivity index (χ0v) is 48.5. The van der Waals surface area contributed by atoms with E-state index in [4.69, 9.17) is 128 Å². The van der Waals surface area contributed by atoms with Crippen molar-refractivity contribution in [1.82, 2.24) is 10.6 Å². The number of aliphatic hydroxyl groups is 11. The summed E-state index contributed by atoms with van der Waals surface area (Å²) in [4.78, 5) is 0. The monoisotopic (exact) mass is 1290 g/mol. The lowest BCUT2D eigenvalue weighted by molar-refractivity contribution is -0.310. The highest BCUT2D eigenvalue weighted by molar-refractivity contribution is 7.80. The van der Waals surface area contributed by atoms with Gasteiger partial charge in [0.25, 0.3) is 0 Å². The molecule has 5 heterocycles. The molecule has 39 nitrogen and oxygen atoms in total. The molecule has 32 atom stereocenters. The number of ether oxygens (including phenoxy) is 10. The number of likely N-dealkylation sites (N-methyl/N-ethyl adjacent to an activating group) is 2. The first-order chi connectivity index (χ1) is 39.3. The number of rotatable bonds is 16. The van der Waals surface area contributed by atoms with Crippen LogP contribution in [-0.4, -0.2) is 327 Å². The lowest BCUT2D eigenvalue weighted by atomic mass is 9.84. The Morgan fingerprint density at radius 1 is 0.518 bits per heavy atom. The third-order valence-electron chi connectivity index (χ3n) is 15.6. The first-order valence-electron chi connectivity index (χ1n) is 27.0. The minimum atomic E-state index is -4.67. The van der Waals surface area contributed by atoms with Gasteiger partial charge in [-0.15, -0.1) is 0 Å². The van der Waals surface area contributed by atoms with E-state index in [9.17, 15) is 56.2 Å². The standard InChI is InChI=1S/C23H45N5O14.C21H43N5O7.2H2O4S/c24-2-7-13(32)15(34)10(27)21(37-7)41-19-9(4-30)39-23(17(19)36)42-20-12(31)5(25)1-6(26)18(20)40-22-11(28)16(35)14(33)8(3-29)38-22;1-9(25-3)13-6-5-10(22)19(31-13)32-16-11(23)7-12(24)17(14(16)27)33-20-15(28)18(26-4)21(2,29)8-30-20;2*1-5(2,3)4/h5-23,29-36H,1-4,24-28H2;9-20,25-29H,5-8,22-24H2,1-4H3;2*(H2,1,2,3,4)/t5-,6+,7+,8-,9-,10-,11-,12+,13-,14-,15-,16-,17-,18?,19-,20-,21-,22-,23?;;;/m1.../s1. The molecule has 0 amide bonds. The van der Waals surface area contributed by atoms with Crippen LogP contribution in [0.4, 0.5) is 0 Å². The maximum Gasteiger partial charge on any atom is 0.394 e. The van der Waals surface area contributed by atoms with Crippen molar-refractivity contribution in [3.8, 4) is 0 Å². The van der Waals surface area contributed by atoms with E-state index in [-0.39, 0.29) is 37.8 Å². The largest absolute Gasteiger partial charge is 0.394 e. The van der Waals surface area contributed by atoms with Gasteiger partial charge in [-0.05, 0) is 53.6 Å². The summed E-state index contributed by atoms with van der Waals surface area (Å²) in [6.45, 7) is 2.04. The molecule has 0 aromatic rings. The van der Waals surface area contributed by atoms with E-state index in [1.54, 1.807) is 14.0 Å². The number of aliphatic hydroxyl groups excluding tert-OH is 10. The molecule has 0 radical (unpaired) electrons. The van der Waals surface area contributed by atoms with Crippen LogP contribution in [0.3, 0.4) is 0 Å². The molecule has 0 aromatic heterocycles. The quantitative estimate of drug-likeness (QED) is 0.0638. The summed E-state index contributed by atoms with van der Waals surface area (Å²) in [7, 11) is -5.84. The van der Waals surface area contributed by atoms with Gasteiger partial charge < -0.3 is 160 Å². The molecule has 0 spiro atoms. The van der Waals surface area contributed by atoms with Crippen molar-refractivity contribution in [3.05, 3.63) is 0 Å². The lowest BCUT2D eigenvalue weighted by Gasteiger charge is -2.48. The Bertz CT molecular complexity index is 2170. The van der Waals surface area contributed by atoms with Gasteiger partial charge in [-0.25, -0.2) is 0 Å². The molecule has 0 aromatic carbocycles. The van der Waals surface area contributed by atoms with Crippen molar-refractivity contribution < 1.29 is 139 Å². The summed E-state index contributed by atoms with van der Waals surface area (Å²) in [5, 5.41) is 121. The molecule has 0 bridgehead atoms. The zero-order chi connectivity index (χ0) is 64.5. The van der Waals surface area contributed by atoms with Crippen molar-refractivity contribution in [2.45, 2.75) is 235 Å². The van der Waals surface area contributed by atoms with Gasteiger partial charge in [-0.3, -0.25) is 18.2 Å². The molecule has 2 saturated carbocycles. The molecule has 7 fully saturated rings. The van der Waals surface area contributed by atoms with E-state index in [2.05, 4.69) is 10.6 Å². The normalized spacial score (nSPS) is 47.4. The van der Waals surface area contributed by atoms with Crippen LogP contribution in [0.1, 0.15) is 39.5 Å². The van der Waals surface area contributed by atoms with Gasteiger partial charge in [-0.2, -0.15) is 16.8 Å². The fraction of sp³-hybridized carbons (Fsp3) is 1.00. The van der Waals surface area contributed by atoms with Crippen molar-refractivity contribution in [3.63, 3.8) is 0 Å². The first-order valence-corrected chi connectivity index (χ1v) is 29.8. The zero-order valence-electron chi connectivity index (χ0n) is 46.9. The Hall–Kier alpha value is -1.50. The molecule has 504 valence electrons. The summed E-state index contributed by atoms with van der Waals surface area (Å²) in [6.07, 6.45) is -24.7. The number of hydrogen-bond acceptors (Lipinski definition) is 35. The molecule has 85 heavy (non-hydrogen) atoms. The van der Waals surface area contributed by atoms with Crippen molar-refractivity contribution in [2.24, 2.45) is 45.9 Å². The highest BCUT2D eigenvalue weighted by atomic mass is 32.3. The Balaban J connectivity index is 0.000000320. The minimum absolute atomic E-state index is 0.0620. The molecule has 41 heteroatoms. The van der Waals surface area contributed by atoms with Crippen LogP contribution in [0.5, 0.6) is 0 Å². The van der Waals surface area contributed by atoms with Gasteiger partial charge in [0.1, 0.15) is 97.2 Å². The lowest BCUT2D eigenvalue weighted by Crippen LogP contribution is -2.68. The van der Waals surface area contributed by atoms with E-state index in [0.717, 1.165) is 6.42 Å². The molecule has 5 saturated heterocycles. The van der Waals surface area contributed by atoms with Crippen LogP contribution in [0.15, 0.2) is 0 Å². The molecule has 5 aliphatic heterocycles. The Kier molecular flexibility index (Phi) is 29.2.